The number of likely N-dealkylation sites (tertiary alicyclic amines) is 2. The maximum absolute atomic E-state index is 12.7. The van der Waals surface area contributed by atoms with Crippen molar-refractivity contribution in [1.29, 1.82) is 0 Å². The Morgan fingerprint density at radius 1 is 1.21 bits per heavy atom. The minimum atomic E-state index is 0.134. The van der Waals surface area contributed by atoms with Crippen LogP contribution in [-0.2, 0) is 24.9 Å². The van der Waals surface area contributed by atoms with Crippen molar-refractivity contribution >= 4 is 5.91 Å². The fourth-order valence-corrected chi connectivity index (χ4v) is 3.94. The largest absolute Gasteiger partial charge is 0.337 e. The quantitative estimate of drug-likeness (QED) is 0.848. The third-order valence-electron chi connectivity index (χ3n) is 5.19. The summed E-state index contributed by atoms with van der Waals surface area (Å²) in [6.07, 6.45) is 3.79. The molecule has 2 atom stereocenters. The van der Waals surface area contributed by atoms with Gasteiger partial charge in [0.25, 0.3) is 0 Å². The average Bonchev–Trinajstić information content (AvgIpc) is 3.19. The predicted molar refractivity (Wildman–Crippen MR) is 89.9 cm³/mol. The van der Waals surface area contributed by atoms with Crippen LogP contribution in [0.5, 0.6) is 0 Å². The molecule has 0 bridgehead atoms. The van der Waals surface area contributed by atoms with E-state index in [9.17, 15) is 4.79 Å². The van der Waals surface area contributed by atoms with E-state index in [-0.39, 0.29) is 11.8 Å². The van der Waals surface area contributed by atoms with E-state index in [1.807, 2.05) is 54.0 Å². The zero-order valence-electron chi connectivity index (χ0n) is 14.2. The van der Waals surface area contributed by atoms with Gasteiger partial charge < -0.3 is 9.47 Å². The zero-order valence-corrected chi connectivity index (χ0v) is 14.2. The van der Waals surface area contributed by atoms with E-state index in [1.54, 1.807) is 0 Å². The summed E-state index contributed by atoms with van der Waals surface area (Å²) in [5, 5.41) is 0. The second kappa shape index (κ2) is 6.02. The summed E-state index contributed by atoms with van der Waals surface area (Å²) in [4.78, 5) is 26.0. The Bertz CT molecular complexity index is 755. The molecule has 0 N–H and O–H groups in total. The maximum Gasteiger partial charge on any atom is 0.227 e. The first-order valence-corrected chi connectivity index (χ1v) is 8.50. The van der Waals surface area contributed by atoms with Gasteiger partial charge in [0.15, 0.2) is 0 Å². The van der Waals surface area contributed by atoms with Gasteiger partial charge in [0.1, 0.15) is 5.82 Å². The minimum absolute atomic E-state index is 0.134. The first kappa shape index (κ1) is 15.3. The number of carbonyl (C=O) groups excluding carboxylic acids is 1. The Balaban J connectivity index is 1.39. The molecule has 2 aromatic rings. The van der Waals surface area contributed by atoms with Crippen LogP contribution in [0.1, 0.15) is 17.2 Å². The lowest BCUT2D eigenvalue weighted by Crippen LogP contribution is -2.32. The summed E-state index contributed by atoms with van der Waals surface area (Å²) in [5.41, 5.74) is 1.98. The molecule has 0 spiro atoms. The Morgan fingerprint density at radius 3 is 2.79 bits per heavy atom. The normalized spacial score (nSPS) is 23.9. The maximum atomic E-state index is 12.7. The molecule has 126 valence electrons. The molecular formula is C18H23N5O. The first-order chi connectivity index (χ1) is 11.6. The van der Waals surface area contributed by atoms with Crippen molar-refractivity contribution in [3.05, 3.63) is 47.8 Å². The number of carbonyl (C=O) groups is 1. The second-order valence-corrected chi connectivity index (χ2v) is 7.00. The van der Waals surface area contributed by atoms with Gasteiger partial charge in [-0.15, -0.1) is 0 Å². The van der Waals surface area contributed by atoms with Crippen LogP contribution in [0.15, 0.2) is 30.6 Å². The van der Waals surface area contributed by atoms with Crippen molar-refractivity contribution in [2.24, 2.45) is 18.9 Å². The highest BCUT2D eigenvalue weighted by Crippen LogP contribution is 2.33. The standard InChI is InChI=1S/C18H23N5O/c1-13-4-3-5-15(20-13)10-23-9-14-8-22(11-16(14)18(23)24)12-17-19-6-7-21(17)2/h3-7,14,16H,8-12H2,1-2H3/t14-,16-/m1/s1. The van der Waals surface area contributed by atoms with E-state index in [2.05, 4.69) is 14.9 Å². The third kappa shape index (κ3) is 2.82. The molecule has 4 rings (SSSR count). The van der Waals surface area contributed by atoms with Crippen LogP contribution in [0.2, 0.25) is 0 Å². The first-order valence-electron chi connectivity index (χ1n) is 8.50. The Hall–Kier alpha value is -2.21. The second-order valence-electron chi connectivity index (χ2n) is 7.00. The summed E-state index contributed by atoms with van der Waals surface area (Å²) < 4.78 is 2.05. The van der Waals surface area contributed by atoms with Crippen molar-refractivity contribution < 1.29 is 4.79 Å². The molecule has 2 aliphatic heterocycles. The lowest BCUT2D eigenvalue weighted by molar-refractivity contribution is -0.131. The number of aromatic nitrogens is 3. The number of hydrogen-bond acceptors (Lipinski definition) is 4. The van der Waals surface area contributed by atoms with E-state index in [0.29, 0.717) is 12.5 Å². The Labute approximate surface area is 142 Å². The fourth-order valence-electron chi connectivity index (χ4n) is 3.94. The molecule has 2 aliphatic rings. The monoisotopic (exact) mass is 325 g/mol. The van der Waals surface area contributed by atoms with Gasteiger partial charge in [0.05, 0.1) is 24.7 Å². The molecule has 0 radical (unpaired) electrons. The topological polar surface area (TPSA) is 54.3 Å². The number of aryl methyl sites for hydroxylation is 2. The van der Waals surface area contributed by atoms with Crippen LogP contribution in [0.4, 0.5) is 0 Å². The highest BCUT2D eigenvalue weighted by atomic mass is 16.2. The van der Waals surface area contributed by atoms with E-state index in [1.165, 1.54) is 0 Å². The van der Waals surface area contributed by atoms with Gasteiger partial charge in [-0.1, -0.05) is 6.07 Å². The van der Waals surface area contributed by atoms with Crippen LogP contribution < -0.4 is 0 Å². The van der Waals surface area contributed by atoms with Crippen molar-refractivity contribution in [2.45, 2.75) is 20.0 Å². The minimum Gasteiger partial charge on any atom is -0.337 e. The number of nitrogens with zero attached hydrogens (tertiary/aromatic N) is 5. The zero-order chi connectivity index (χ0) is 16.7. The molecule has 0 aliphatic carbocycles. The summed E-state index contributed by atoms with van der Waals surface area (Å²) in [5.74, 6) is 1.91. The predicted octanol–water partition coefficient (Wildman–Crippen LogP) is 1.21. The van der Waals surface area contributed by atoms with Crippen LogP contribution in [0.25, 0.3) is 0 Å². The third-order valence-corrected chi connectivity index (χ3v) is 5.19. The van der Waals surface area contributed by atoms with E-state index < -0.39 is 0 Å². The molecule has 1 amide bonds. The number of hydrogen-bond donors (Lipinski definition) is 0. The summed E-state index contributed by atoms with van der Waals surface area (Å²) in [6.45, 7) is 6.10. The molecule has 0 saturated carbocycles. The van der Waals surface area contributed by atoms with Crippen molar-refractivity contribution in [3.8, 4) is 0 Å². The summed E-state index contributed by atoms with van der Waals surface area (Å²) in [6, 6.07) is 5.99. The molecule has 4 heterocycles. The molecular weight excluding hydrogens is 302 g/mol. The van der Waals surface area contributed by atoms with Gasteiger partial charge in [0.2, 0.25) is 5.91 Å². The Morgan fingerprint density at radius 2 is 2.08 bits per heavy atom. The SMILES string of the molecule is Cc1cccc(CN2C[C@H]3CN(Cc4nccn4C)C[C@H]3C2=O)n1. The van der Waals surface area contributed by atoms with Crippen molar-refractivity contribution in [3.63, 3.8) is 0 Å². The number of amides is 1. The van der Waals surface area contributed by atoms with Crippen LogP contribution in [0.3, 0.4) is 0 Å². The van der Waals surface area contributed by atoms with Crippen LogP contribution >= 0.6 is 0 Å². The fraction of sp³-hybridized carbons (Fsp3) is 0.500. The molecule has 24 heavy (non-hydrogen) atoms. The smallest absolute Gasteiger partial charge is 0.227 e. The summed E-state index contributed by atoms with van der Waals surface area (Å²) >= 11 is 0. The molecule has 2 saturated heterocycles. The van der Waals surface area contributed by atoms with Gasteiger partial charge in [-0.05, 0) is 19.1 Å². The molecule has 6 nitrogen and oxygen atoms in total. The van der Waals surface area contributed by atoms with E-state index >= 15 is 0 Å². The molecule has 2 aromatic heterocycles. The lowest BCUT2D eigenvalue weighted by Gasteiger charge is -2.21. The Kier molecular flexibility index (Phi) is 3.84. The van der Waals surface area contributed by atoms with Crippen molar-refractivity contribution in [1.82, 2.24) is 24.3 Å². The van der Waals surface area contributed by atoms with Gasteiger partial charge in [-0.25, -0.2) is 4.98 Å². The molecule has 0 aromatic carbocycles. The van der Waals surface area contributed by atoms with E-state index in [4.69, 9.17) is 0 Å². The van der Waals surface area contributed by atoms with Crippen molar-refractivity contribution in [2.75, 3.05) is 19.6 Å². The molecule has 2 fully saturated rings. The number of rotatable bonds is 4. The van der Waals surface area contributed by atoms with Gasteiger partial charge >= 0.3 is 0 Å². The number of imidazole rings is 1. The van der Waals surface area contributed by atoms with Crippen LogP contribution in [-0.4, -0.2) is 49.9 Å². The molecule has 6 heteroatoms. The molecule has 0 unspecified atom stereocenters. The lowest BCUT2D eigenvalue weighted by atomic mass is 10.0. The number of fused-ring (bicyclic) bond motifs is 1. The average molecular weight is 325 g/mol. The van der Waals surface area contributed by atoms with Crippen LogP contribution in [0, 0.1) is 18.8 Å². The van der Waals surface area contributed by atoms with Gasteiger partial charge in [-0.3, -0.25) is 14.7 Å². The summed E-state index contributed by atoms with van der Waals surface area (Å²) in [7, 11) is 2.01. The highest BCUT2D eigenvalue weighted by molar-refractivity contribution is 5.82. The highest BCUT2D eigenvalue weighted by Gasteiger charge is 2.46. The van der Waals surface area contributed by atoms with E-state index in [0.717, 1.165) is 43.4 Å². The number of pyridine rings is 1. The van der Waals surface area contributed by atoms with Gasteiger partial charge in [0, 0.05) is 50.7 Å². The van der Waals surface area contributed by atoms with Gasteiger partial charge in [-0.2, -0.15) is 0 Å².